The van der Waals surface area contributed by atoms with Crippen molar-refractivity contribution in [3.63, 3.8) is 0 Å². The molecule has 0 amide bonds. The number of fused-ring (bicyclic) bond motifs is 1. The highest BCUT2D eigenvalue weighted by molar-refractivity contribution is 5.90. The van der Waals surface area contributed by atoms with E-state index in [0.29, 0.717) is 0 Å². The number of nitrogens with one attached hydrogen (secondary N) is 1. The molecule has 1 aliphatic heterocycles. The van der Waals surface area contributed by atoms with Crippen molar-refractivity contribution in [3.05, 3.63) is 48.8 Å². The number of rotatable bonds is 5. The van der Waals surface area contributed by atoms with Gasteiger partial charge in [0.2, 0.25) is 0 Å². The summed E-state index contributed by atoms with van der Waals surface area (Å²) in [6, 6.07) is 12.1. The number of hydrogen-bond donors (Lipinski definition) is 1. The second-order valence-corrected chi connectivity index (χ2v) is 6.48. The molecule has 1 N–H and O–H groups in total. The topological polar surface area (TPSA) is 53.9 Å². The monoisotopic (exact) mass is 333 g/mol. The summed E-state index contributed by atoms with van der Waals surface area (Å²) in [4.78, 5) is 16.1. The fourth-order valence-corrected chi connectivity index (χ4v) is 3.36. The van der Waals surface area contributed by atoms with Crippen LogP contribution in [0.15, 0.2) is 48.8 Å². The average molecular weight is 333 g/mol. The Bertz CT molecular complexity index is 828. The van der Waals surface area contributed by atoms with E-state index in [2.05, 4.69) is 21.3 Å². The maximum atomic E-state index is 4.79. The number of pyridine rings is 1. The zero-order chi connectivity index (χ0) is 16.9. The number of nitrogens with zero attached hydrogens (tertiary/aromatic N) is 4. The zero-order valence-electron chi connectivity index (χ0n) is 14.4. The van der Waals surface area contributed by atoms with Gasteiger partial charge in [-0.25, -0.2) is 9.97 Å². The Morgan fingerprint density at radius 3 is 2.56 bits per heavy atom. The Labute approximate surface area is 148 Å². The first-order chi connectivity index (χ1) is 12.4. The SMILES string of the molecule is c1ccc2c(NCCN3CCCCC3)nc(-c3ccncc3)nc2c1. The van der Waals surface area contributed by atoms with Crippen LogP contribution in [0.4, 0.5) is 5.82 Å². The molecule has 1 saturated heterocycles. The van der Waals surface area contributed by atoms with Crippen LogP contribution in [-0.4, -0.2) is 46.0 Å². The van der Waals surface area contributed by atoms with E-state index in [-0.39, 0.29) is 0 Å². The molecule has 2 aromatic heterocycles. The van der Waals surface area contributed by atoms with Crippen molar-refractivity contribution in [2.75, 3.05) is 31.5 Å². The number of hydrogen-bond acceptors (Lipinski definition) is 5. The predicted molar refractivity (Wildman–Crippen MR) is 102 cm³/mol. The third-order valence-electron chi connectivity index (χ3n) is 4.71. The van der Waals surface area contributed by atoms with E-state index in [4.69, 9.17) is 9.97 Å². The normalized spacial score (nSPS) is 15.4. The van der Waals surface area contributed by atoms with Gasteiger partial charge in [0.25, 0.3) is 0 Å². The van der Waals surface area contributed by atoms with Crippen LogP contribution in [0, 0.1) is 0 Å². The lowest BCUT2D eigenvalue weighted by Crippen LogP contribution is -2.33. The molecule has 0 bridgehead atoms. The van der Waals surface area contributed by atoms with E-state index in [9.17, 15) is 0 Å². The molecular weight excluding hydrogens is 310 g/mol. The predicted octanol–water partition coefficient (Wildman–Crippen LogP) is 3.59. The Morgan fingerprint density at radius 1 is 0.920 bits per heavy atom. The second kappa shape index (κ2) is 7.57. The number of likely N-dealkylation sites (tertiary alicyclic amines) is 1. The number of benzene rings is 1. The first-order valence-electron chi connectivity index (χ1n) is 9.03. The maximum Gasteiger partial charge on any atom is 0.162 e. The van der Waals surface area contributed by atoms with Gasteiger partial charge in [-0.05, 0) is 50.2 Å². The second-order valence-electron chi connectivity index (χ2n) is 6.48. The standard InChI is InChI=1S/C20H23N5/c1-4-13-25(14-5-1)15-12-22-20-17-6-2-3-7-18(17)23-19(24-20)16-8-10-21-11-9-16/h2-3,6-11H,1,4-5,12-15H2,(H,22,23,24). The van der Waals surface area contributed by atoms with Crippen LogP contribution in [0.5, 0.6) is 0 Å². The minimum atomic E-state index is 0.738. The third-order valence-corrected chi connectivity index (χ3v) is 4.71. The van der Waals surface area contributed by atoms with Gasteiger partial charge in [0.15, 0.2) is 5.82 Å². The quantitative estimate of drug-likeness (QED) is 0.773. The fraction of sp³-hybridized carbons (Fsp3) is 0.350. The highest BCUT2D eigenvalue weighted by Crippen LogP contribution is 2.24. The van der Waals surface area contributed by atoms with Gasteiger partial charge in [0.05, 0.1) is 5.52 Å². The largest absolute Gasteiger partial charge is 0.368 e. The molecule has 3 heterocycles. The van der Waals surface area contributed by atoms with Crippen LogP contribution < -0.4 is 5.32 Å². The summed E-state index contributed by atoms with van der Waals surface area (Å²) in [5.41, 5.74) is 1.95. The van der Waals surface area contributed by atoms with Crippen LogP contribution in [0.3, 0.4) is 0 Å². The average Bonchev–Trinajstić information content (AvgIpc) is 2.69. The van der Waals surface area contributed by atoms with Gasteiger partial charge < -0.3 is 10.2 Å². The molecule has 0 spiro atoms. The minimum Gasteiger partial charge on any atom is -0.368 e. The summed E-state index contributed by atoms with van der Waals surface area (Å²) in [5.74, 6) is 1.65. The molecule has 128 valence electrons. The van der Waals surface area contributed by atoms with Gasteiger partial charge in [-0.3, -0.25) is 4.98 Å². The third kappa shape index (κ3) is 3.77. The molecule has 0 saturated carbocycles. The number of aromatic nitrogens is 3. The van der Waals surface area contributed by atoms with E-state index in [1.54, 1.807) is 12.4 Å². The van der Waals surface area contributed by atoms with Crippen molar-refractivity contribution in [1.82, 2.24) is 19.9 Å². The van der Waals surface area contributed by atoms with Gasteiger partial charge in [-0.2, -0.15) is 0 Å². The zero-order valence-corrected chi connectivity index (χ0v) is 14.4. The van der Waals surface area contributed by atoms with Gasteiger partial charge in [-0.15, -0.1) is 0 Å². The molecule has 3 aromatic rings. The van der Waals surface area contributed by atoms with Crippen molar-refractivity contribution in [1.29, 1.82) is 0 Å². The number of para-hydroxylation sites is 1. The van der Waals surface area contributed by atoms with E-state index in [1.807, 2.05) is 30.3 Å². The lowest BCUT2D eigenvalue weighted by Gasteiger charge is -2.26. The summed E-state index contributed by atoms with van der Waals surface area (Å²) < 4.78 is 0. The Balaban J connectivity index is 1.58. The molecule has 1 aromatic carbocycles. The van der Waals surface area contributed by atoms with E-state index in [0.717, 1.165) is 41.2 Å². The lowest BCUT2D eigenvalue weighted by atomic mass is 10.1. The summed E-state index contributed by atoms with van der Waals surface area (Å²) in [7, 11) is 0. The Kier molecular flexibility index (Phi) is 4.84. The van der Waals surface area contributed by atoms with Crippen LogP contribution in [0.1, 0.15) is 19.3 Å². The van der Waals surface area contributed by atoms with Crippen molar-refractivity contribution in [2.24, 2.45) is 0 Å². The summed E-state index contributed by atoms with van der Waals surface area (Å²) in [6.45, 7) is 4.39. The summed E-state index contributed by atoms with van der Waals surface area (Å²) in [5, 5.41) is 4.61. The highest BCUT2D eigenvalue weighted by Gasteiger charge is 2.11. The smallest absolute Gasteiger partial charge is 0.162 e. The van der Waals surface area contributed by atoms with Crippen LogP contribution in [-0.2, 0) is 0 Å². The Morgan fingerprint density at radius 2 is 1.72 bits per heavy atom. The number of piperidine rings is 1. The fourth-order valence-electron chi connectivity index (χ4n) is 3.36. The molecule has 4 rings (SSSR count). The van der Waals surface area contributed by atoms with Crippen LogP contribution in [0.2, 0.25) is 0 Å². The van der Waals surface area contributed by atoms with Gasteiger partial charge >= 0.3 is 0 Å². The van der Waals surface area contributed by atoms with Gasteiger partial charge in [-0.1, -0.05) is 18.6 Å². The molecule has 0 aliphatic carbocycles. The lowest BCUT2D eigenvalue weighted by molar-refractivity contribution is 0.237. The molecule has 5 heteroatoms. The number of anilines is 1. The van der Waals surface area contributed by atoms with Crippen LogP contribution >= 0.6 is 0 Å². The summed E-state index contributed by atoms with van der Waals surface area (Å²) in [6.07, 6.45) is 7.57. The molecule has 0 radical (unpaired) electrons. The van der Waals surface area contributed by atoms with E-state index >= 15 is 0 Å². The van der Waals surface area contributed by atoms with Crippen molar-refractivity contribution >= 4 is 16.7 Å². The molecule has 1 fully saturated rings. The first kappa shape index (κ1) is 16.0. The molecule has 5 nitrogen and oxygen atoms in total. The Hall–Kier alpha value is -2.53. The van der Waals surface area contributed by atoms with Gasteiger partial charge in [0.1, 0.15) is 5.82 Å². The van der Waals surface area contributed by atoms with E-state index in [1.165, 1.54) is 32.4 Å². The minimum absolute atomic E-state index is 0.738. The van der Waals surface area contributed by atoms with Crippen LogP contribution in [0.25, 0.3) is 22.3 Å². The first-order valence-corrected chi connectivity index (χ1v) is 9.03. The molecule has 0 unspecified atom stereocenters. The van der Waals surface area contributed by atoms with Crippen molar-refractivity contribution < 1.29 is 0 Å². The van der Waals surface area contributed by atoms with E-state index < -0.39 is 0 Å². The molecule has 25 heavy (non-hydrogen) atoms. The summed E-state index contributed by atoms with van der Waals surface area (Å²) >= 11 is 0. The van der Waals surface area contributed by atoms with Crippen molar-refractivity contribution in [2.45, 2.75) is 19.3 Å². The molecular formula is C20H23N5. The highest BCUT2D eigenvalue weighted by atomic mass is 15.1. The maximum absolute atomic E-state index is 4.79. The molecule has 0 atom stereocenters. The molecule has 1 aliphatic rings. The van der Waals surface area contributed by atoms with Gasteiger partial charge in [0, 0.05) is 36.4 Å². The van der Waals surface area contributed by atoms with Crippen molar-refractivity contribution in [3.8, 4) is 11.4 Å².